The molecule has 15 heavy (non-hydrogen) atoms. The molecule has 3 heteroatoms. The second-order valence-corrected chi connectivity index (χ2v) is 5.40. The van der Waals surface area contributed by atoms with Crippen molar-refractivity contribution in [3.63, 3.8) is 0 Å². The van der Waals surface area contributed by atoms with Gasteiger partial charge in [0, 0.05) is 12.5 Å². The molecule has 1 heterocycles. The van der Waals surface area contributed by atoms with Crippen LogP contribution in [-0.4, -0.2) is 24.7 Å². The lowest BCUT2D eigenvalue weighted by atomic mass is 10.0. The molecule has 84 valence electrons. The molecule has 4 atom stereocenters. The van der Waals surface area contributed by atoms with Crippen LogP contribution in [-0.2, 0) is 9.53 Å². The van der Waals surface area contributed by atoms with Gasteiger partial charge >= 0.3 is 0 Å². The molecule has 1 amide bonds. The maximum Gasteiger partial charge on any atom is 0.223 e. The van der Waals surface area contributed by atoms with E-state index in [1.165, 1.54) is 6.42 Å². The van der Waals surface area contributed by atoms with Gasteiger partial charge in [0.05, 0.1) is 12.1 Å². The van der Waals surface area contributed by atoms with Gasteiger partial charge in [-0.1, -0.05) is 0 Å². The first-order valence-electron chi connectivity index (χ1n) is 6.16. The highest BCUT2D eigenvalue weighted by Gasteiger charge is 2.48. The van der Waals surface area contributed by atoms with E-state index in [0.29, 0.717) is 5.92 Å². The topological polar surface area (TPSA) is 38.3 Å². The summed E-state index contributed by atoms with van der Waals surface area (Å²) in [5, 5.41) is 3.15. The molecule has 3 nitrogen and oxygen atoms in total. The fourth-order valence-electron chi connectivity index (χ4n) is 3.15. The van der Waals surface area contributed by atoms with Crippen LogP contribution in [0.5, 0.6) is 0 Å². The second kappa shape index (κ2) is 3.48. The van der Waals surface area contributed by atoms with Crippen molar-refractivity contribution >= 4 is 5.91 Å². The highest BCUT2D eigenvalue weighted by Crippen LogP contribution is 2.54. The molecule has 0 aromatic heterocycles. The molecule has 3 fully saturated rings. The Morgan fingerprint density at radius 2 is 2.00 bits per heavy atom. The Morgan fingerprint density at radius 1 is 1.27 bits per heavy atom. The van der Waals surface area contributed by atoms with Gasteiger partial charge in [-0.05, 0) is 44.4 Å². The Kier molecular flexibility index (Phi) is 2.23. The lowest BCUT2D eigenvalue weighted by Crippen LogP contribution is -2.42. The second-order valence-electron chi connectivity index (χ2n) is 5.40. The lowest BCUT2D eigenvalue weighted by Gasteiger charge is -2.19. The lowest BCUT2D eigenvalue weighted by molar-refractivity contribution is -0.126. The van der Waals surface area contributed by atoms with Crippen LogP contribution in [0.4, 0.5) is 0 Å². The number of amides is 1. The molecule has 1 saturated heterocycles. The molecule has 0 spiro atoms. The van der Waals surface area contributed by atoms with Gasteiger partial charge in [-0.3, -0.25) is 4.79 Å². The maximum absolute atomic E-state index is 11.9. The fourth-order valence-corrected chi connectivity index (χ4v) is 3.15. The van der Waals surface area contributed by atoms with Crippen molar-refractivity contribution in [3.05, 3.63) is 0 Å². The van der Waals surface area contributed by atoms with Crippen LogP contribution >= 0.6 is 0 Å². The van der Waals surface area contributed by atoms with Gasteiger partial charge in [0.2, 0.25) is 5.91 Å². The summed E-state index contributed by atoms with van der Waals surface area (Å²) in [4.78, 5) is 11.9. The molecule has 0 aromatic carbocycles. The predicted octanol–water partition coefficient (Wildman–Crippen LogP) is 1.33. The van der Waals surface area contributed by atoms with Crippen LogP contribution in [0, 0.1) is 17.8 Å². The normalized spacial score (nSPS) is 47.7. The number of hydrogen-bond donors (Lipinski definition) is 1. The molecule has 3 aliphatic rings. The van der Waals surface area contributed by atoms with Gasteiger partial charge in [0.25, 0.3) is 0 Å². The first-order valence-corrected chi connectivity index (χ1v) is 6.16. The van der Waals surface area contributed by atoms with Crippen molar-refractivity contribution in [2.45, 2.75) is 44.8 Å². The Bertz CT molecular complexity index is 269. The largest absolute Gasteiger partial charge is 0.376 e. The third-order valence-corrected chi connectivity index (χ3v) is 4.32. The molecule has 0 bridgehead atoms. The smallest absolute Gasteiger partial charge is 0.223 e. The minimum Gasteiger partial charge on any atom is -0.376 e. The molecule has 0 aromatic rings. The summed E-state index contributed by atoms with van der Waals surface area (Å²) in [5.41, 5.74) is 0. The Labute approximate surface area is 90.6 Å². The maximum atomic E-state index is 11.9. The summed E-state index contributed by atoms with van der Waals surface area (Å²) < 4.78 is 5.44. The van der Waals surface area contributed by atoms with Crippen LogP contribution in [0.3, 0.4) is 0 Å². The summed E-state index contributed by atoms with van der Waals surface area (Å²) >= 11 is 0. The molecule has 0 radical (unpaired) electrons. The SMILES string of the molecule is CC1OCCC1NC(=O)C1CC2CC2C1. The average Bonchev–Trinajstić information content (AvgIpc) is 2.64. The minimum atomic E-state index is 0.199. The van der Waals surface area contributed by atoms with E-state index in [4.69, 9.17) is 4.74 Å². The predicted molar refractivity (Wildman–Crippen MR) is 56.3 cm³/mol. The summed E-state index contributed by atoms with van der Waals surface area (Å²) in [6.45, 7) is 2.84. The van der Waals surface area contributed by atoms with E-state index in [2.05, 4.69) is 5.32 Å². The third kappa shape index (κ3) is 1.78. The minimum absolute atomic E-state index is 0.199. The molecule has 2 aliphatic carbocycles. The number of rotatable bonds is 2. The average molecular weight is 209 g/mol. The zero-order chi connectivity index (χ0) is 10.4. The zero-order valence-corrected chi connectivity index (χ0v) is 9.24. The van der Waals surface area contributed by atoms with Crippen molar-refractivity contribution in [1.29, 1.82) is 0 Å². The van der Waals surface area contributed by atoms with Crippen molar-refractivity contribution in [2.75, 3.05) is 6.61 Å². The molecule has 1 N–H and O–H groups in total. The third-order valence-electron chi connectivity index (χ3n) is 4.32. The number of fused-ring (bicyclic) bond motifs is 1. The number of hydrogen-bond acceptors (Lipinski definition) is 2. The van der Waals surface area contributed by atoms with E-state index in [1.54, 1.807) is 0 Å². The highest BCUT2D eigenvalue weighted by atomic mass is 16.5. The summed E-state index contributed by atoms with van der Waals surface area (Å²) in [6, 6.07) is 0.259. The number of carbonyl (C=O) groups excluding carboxylic acids is 1. The van der Waals surface area contributed by atoms with E-state index in [0.717, 1.165) is 37.7 Å². The molecule has 3 rings (SSSR count). The first kappa shape index (κ1) is 9.64. The number of nitrogens with one attached hydrogen (secondary N) is 1. The van der Waals surface area contributed by atoms with Crippen LogP contribution in [0.15, 0.2) is 0 Å². The Hall–Kier alpha value is -0.570. The van der Waals surface area contributed by atoms with Crippen LogP contribution in [0.1, 0.15) is 32.6 Å². The first-order chi connectivity index (χ1) is 7.24. The number of carbonyl (C=O) groups is 1. The quantitative estimate of drug-likeness (QED) is 0.745. The van der Waals surface area contributed by atoms with E-state index < -0.39 is 0 Å². The van der Waals surface area contributed by atoms with Gasteiger partial charge in [0.15, 0.2) is 0 Å². The van der Waals surface area contributed by atoms with Crippen LogP contribution < -0.4 is 5.32 Å². The molecular formula is C12H19NO2. The van der Waals surface area contributed by atoms with Gasteiger partial charge in [-0.25, -0.2) is 0 Å². The van der Waals surface area contributed by atoms with E-state index in [9.17, 15) is 4.79 Å². The number of ether oxygens (including phenoxy) is 1. The van der Waals surface area contributed by atoms with Gasteiger partial charge < -0.3 is 10.1 Å². The van der Waals surface area contributed by atoms with Crippen molar-refractivity contribution in [3.8, 4) is 0 Å². The fraction of sp³-hybridized carbons (Fsp3) is 0.917. The Morgan fingerprint density at radius 3 is 2.60 bits per heavy atom. The van der Waals surface area contributed by atoms with E-state index >= 15 is 0 Å². The zero-order valence-electron chi connectivity index (χ0n) is 9.24. The van der Waals surface area contributed by atoms with Crippen molar-refractivity contribution in [1.82, 2.24) is 5.32 Å². The summed E-state index contributed by atoms with van der Waals surface area (Å²) in [5.74, 6) is 2.36. The van der Waals surface area contributed by atoms with E-state index in [1.807, 2.05) is 6.92 Å². The van der Waals surface area contributed by atoms with Crippen LogP contribution in [0.2, 0.25) is 0 Å². The standard InChI is InChI=1S/C12H19NO2/c1-7-11(2-3-15-7)13-12(14)10-5-8-4-9(8)6-10/h7-11H,2-6H2,1H3,(H,13,14). The van der Waals surface area contributed by atoms with Gasteiger partial charge in [-0.15, -0.1) is 0 Å². The van der Waals surface area contributed by atoms with Gasteiger partial charge in [-0.2, -0.15) is 0 Å². The molecular weight excluding hydrogens is 190 g/mol. The monoisotopic (exact) mass is 209 g/mol. The van der Waals surface area contributed by atoms with Gasteiger partial charge in [0.1, 0.15) is 0 Å². The molecule has 4 unspecified atom stereocenters. The van der Waals surface area contributed by atoms with Crippen LogP contribution in [0.25, 0.3) is 0 Å². The van der Waals surface area contributed by atoms with Crippen molar-refractivity contribution < 1.29 is 9.53 Å². The molecule has 2 saturated carbocycles. The van der Waals surface area contributed by atoms with E-state index in [-0.39, 0.29) is 18.1 Å². The Balaban J connectivity index is 1.52. The summed E-state index contributed by atoms with van der Waals surface area (Å²) in [7, 11) is 0. The summed E-state index contributed by atoms with van der Waals surface area (Å²) in [6.07, 6.45) is 4.83. The van der Waals surface area contributed by atoms with Crippen molar-refractivity contribution in [2.24, 2.45) is 17.8 Å². The molecule has 1 aliphatic heterocycles. The highest BCUT2D eigenvalue weighted by molar-refractivity contribution is 5.79.